The van der Waals surface area contributed by atoms with Crippen LogP contribution in [0.2, 0.25) is 0 Å². The monoisotopic (exact) mass is 358 g/mol. The first-order chi connectivity index (χ1) is 11.8. The summed E-state index contributed by atoms with van der Waals surface area (Å²) in [5.74, 6) is 0.878. The average Bonchev–Trinajstić information content (AvgIpc) is 2.63. The molecule has 1 saturated heterocycles. The molecule has 0 bridgehead atoms. The Bertz CT molecular complexity index is 667. The molecule has 0 saturated carbocycles. The van der Waals surface area contributed by atoms with Gasteiger partial charge in [-0.25, -0.2) is 0 Å². The Morgan fingerprint density at radius 1 is 1.04 bits per heavy atom. The van der Waals surface area contributed by atoms with Crippen molar-refractivity contribution in [3.63, 3.8) is 0 Å². The normalized spacial score (nSPS) is 14.8. The second kappa shape index (κ2) is 9.59. The zero-order chi connectivity index (χ0) is 16.8. The highest BCUT2D eigenvalue weighted by atomic mass is 35.5. The molecule has 1 heterocycles. The van der Waals surface area contributed by atoms with Gasteiger partial charge in [0.25, 0.3) is 5.91 Å². The van der Waals surface area contributed by atoms with Crippen LogP contribution in [0.3, 0.4) is 0 Å². The van der Waals surface area contributed by atoms with Crippen LogP contribution < -0.4 is 5.32 Å². The van der Waals surface area contributed by atoms with Gasteiger partial charge in [-0.3, -0.25) is 4.79 Å². The van der Waals surface area contributed by atoms with Crippen LogP contribution in [-0.2, 0) is 6.42 Å². The van der Waals surface area contributed by atoms with E-state index in [2.05, 4.69) is 23.5 Å². The lowest BCUT2D eigenvalue weighted by atomic mass is 9.95. The van der Waals surface area contributed by atoms with Crippen LogP contribution in [0.5, 0.6) is 0 Å². The molecule has 3 nitrogen and oxygen atoms in total. The molecule has 1 N–H and O–H groups in total. The lowest BCUT2D eigenvalue weighted by Gasteiger charge is -2.32. The zero-order valence-electron chi connectivity index (χ0n) is 14.8. The minimum atomic E-state index is 0. The van der Waals surface area contributed by atoms with Crippen molar-refractivity contribution in [1.82, 2.24) is 10.2 Å². The number of benzene rings is 2. The van der Waals surface area contributed by atoms with Gasteiger partial charge in [-0.15, -0.1) is 12.4 Å². The largest absolute Gasteiger partial charge is 0.339 e. The fourth-order valence-corrected chi connectivity index (χ4v) is 3.50. The van der Waals surface area contributed by atoms with Gasteiger partial charge >= 0.3 is 0 Å². The molecule has 4 heteroatoms. The smallest absolute Gasteiger partial charge is 0.254 e. The molecule has 1 aliphatic heterocycles. The van der Waals surface area contributed by atoms with E-state index in [1.54, 1.807) is 0 Å². The van der Waals surface area contributed by atoms with E-state index >= 15 is 0 Å². The third-order valence-corrected chi connectivity index (χ3v) is 4.88. The first kappa shape index (κ1) is 19.5. The van der Waals surface area contributed by atoms with Crippen molar-refractivity contribution in [3.8, 4) is 0 Å². The van der Waals surface area contributed by atoms with E-state index in [1.807, 2.05) is 48.3 Å². The highest BCUT2D eigenvalue weighted by molar-refractivity contribution is 5.95. The van der Waals surface area contributed by atoms with Crippen LogP contribution in [0, 0.1) is 5.92 Å². The minimum Gasteiger partial charge on any atom is -0.339 e. The van der Waals surface area contributed by atoms with Crippen molar-refractivity contribution in [2.45, 2.75) is 19.3 Å². The minimum absolute atomic E-state index is 0. The first-order valence-electron chi connectivity index (χ1n) is 8.83. The summed E-state index contributed by atoms with van der Waals surface area (Å²) in [6.45, 7) is 2.78. The van der Waals surface area contributed by atoms with Crippen LogP contribution in [0.15, 0.2) is 54.6 Å². The van der Waals surface area contributed by atoms with Crippen LogP contribution in [0.25, 0.3) is 0 Å². The van der Waals surface area contributed by atoms with Crippen LogP contribution in [0.1, 0.15) is 34.3 Å². The Balaban J connectivity index is 0.00000225. The molecule has 0 radical (unpaired) electrons. The van der Waals surface area contributed by atoms with E-state index in [9.17, 15) is 4.79 Å². The van der Waals surface area contributed by atoms with E-state index in [0.717, 1.165) is 50.0 Å². The summed E-state index contributed by atoms with van der Waals surface area (Å²) in [6, 6.07) is 18.4. The molecule has 25 heavy (non-hydrogen) atoms. The van der Waals surface area contributed by atoms with Crippen LogP contribution in [0.4, 0.5) is 0 Å². The van der Waals surface area contributed by atoms with Gasteiger partial charge in [0.15, 0.2) is 0 Å². The molecule has 2 aromatic carbocycles. The molecule has 1 aliphatic rings. The molecule has 0 aliphatic carbocycles. The highest BCUT2D eigenvalue weighted by Crippen LogP contribution is 2.21. The molecule has 0 aromatic heterocycles. The Morgan fingerprint density at radius 2 is 1.68 bits per heavy atom. The highest BCUT2D eigenvalue weighted by Gasteiger charge is 2.24. The van der Waals surface area contributed by atoms with Crippen molar-refractivity contribution in [2.75, 3.05) is 26.7 Å². The number of likely N-dealkylation sites (tertiary alicyclic amines) is 1. The topological polar surface area (TPSA) is 32.3 Å². The third kappa shape index (κ3) is 5.07. The van der Waals surface area contributed by atoms with Crippen LogP contribution >= 0.6 is 12.4 Å². The quantitative estimate of drug-likeness (QED) is 0.882. The maximum Gasteiger partial charge on any atom is 0.254 e. The number of hydrogen-bond acceptors (Lipinski definition) is 2. The van der Waals surface area contributed by atoms with Crippen LogP contribution in [-0.4, -0.2) is 37.5 Å². The molecule has 0 unspecified atom stereocenters. The lowest BCUT2D eigenvalue weighted by Crippen LogP contribution is -2.40. The lowest BCUT2D eigenvalue weighted by molar-refractivity contribution is 0.0690. The molecule has 0 spiro atoms. The van der Waals surface area contributed by atoms with Crippen molar-refractivity contribution in [1.29, 1.82) is 0 Å². The first-order valence-corrected chi connectivity index (χ1v) is 8.83. The van der Waals surface area contributed by atoms with Crippen molar-refractivity contribution in [3.05, 3.63) is 71.3 Å². The summed E-state index contributed by atoms with van der Waals surface area (Å²) in [5.41, 5.74) is 3.21. The number of halogens is 1. The fourth-order valence-electron chi connectivity index (χ4n) is 3.50. The van der Waals surface area contributed by atoms with Gasteiger partial charge in [0.1, 0.15) is 0 Å². The molecule has 1 amide bonds. The molecule has 2 aromatic rings. The van der Waals surface area contributed by atoms with Gasteiger partial charge in [-0.1, -0.05) is 48.5 Å². The summed E-state index contributed by atoms with van der Waals surface area (Å²) in [7, 11) is 2.00. The summed E-state index contributed by atoms with van der Waals surface area (Å²) in [6.07, 6.45) is 2.99. The fraction of sp³-hybridized carbons (Fsp3) is 0.381. The zero-order valence-corrected chi connectivity index (χ0v) is 15.6. The maximum absolute atomic E-state index is 13.0. The standard InChI is InChI=1S/C21H26N2O.ClH/c1-22-16-18-11-13-23(14-12-18)21(24)20-10-6-5-9-19(20)15-17-7-3-2-4-8-17;/h2-10,18,22H,11-16H2,1H3;1H. The van der Waals surface area contributed by atoms with E-state index in [0.29, 0.717) is 5.92 Å². The summed E-state index contributed by atoms with van der Waals surface area (Å²) < 4.78 is 0. The number of nitrogens with one attached hydrogen (secondary N) is 1. The van der Waals surface area contributed by atoms with E-state index in [-0.39, 0.29) is 18.3 Å². The van der Waals surface area contributed by atoms with Crippen molar-refractivity contribution in [2.24, 2.45) is 5.92 Å². The number of carbonyl (C=O) groups excluding carboxylic acids is 1. The molecular formula is C21H27ClN2O. The van der Waals surface area contributed by atoms with Gasteiger partial charge in [0.05, 0.1) is 0 Å². The number of carbonyl (C=O) groups is 1. The van der Waals surface area contributed by atoms with Crippen molar-refractivity contribution < 1.29 is 4.79 Å². The van der Waals surface area contributed by atoms with E-state index < -0.39 is 0 Å². The van der Waals surface area contributed by atoms with E-state index in [1.165, 1.54) is 5.56 Å². The maximum atomic E-state index is 13.0. The predicted molar refractivity (Wildman–Crippen MR) is 105 cm³/mol. The molecule has 134 valence electrons. The van der Waals surface area contributed by atoms with Gasteiger partial charge in [-0.2, -0.15) is 0 Å². The number of hydrogen-bond donors (Lipinski definition) is 1. The van der Waals surface area contributed by atoms with Crippen molar-refractivity contribution >= 4 is 18.3 Å². The number of nitrogens with zero attached hydrogens (tertiary/aromatic N) is 1. The Kier molecular flexibility index (Phi) is 7.48. The molecule has 3 rings (SSSR count). The van der Waals surface area contributed by atoms with Gasteiger partial charge in [0.2, 0.25) is 0 Å². The summed E-state index contributed by atoms with van der Waals surface area (Å²) in [5, 5.41) is 3.25. The third-order valence-electron chi connectivity index (χ3n) is 4.88. The number of amides is 1. The Labute approximate surface area is 156 Å². The van der Waals surface area contributed by atoms with E-state index in [4.69, 9.17) is 0 Å². The summed E-state index contributed by atoms with van der Waals surface area (Å²) >= 11 is 0. The number of piperidine rings is 1. The second-order valence-corrected chi connectivity index (χ2v) is 6.61. The molecule has 0 atom stereocenters. The predicted octanol–water partition coefficient (Wildman–Crippen LogP) is 3.77. The number of rotatable bonds is 5. The van der Waals surface area contributed by atoms with Gasteiger partial charge in [-0.05, 0) is 56.0 Å². The van der Waals surface area contributed by atoms with Gasteiger partial charge in [0, 0.05) is 18.7 Å². The second-order valence-electron chi connectivity index (χ2n) is 6.61. The SMILES string of the molecule is CNCC1CCN(C(=O)c2ccccc2Cc2ccccc2)CC1.Cl. The molecular weight excluding hydrogens is 332 g/mol. The van der Waals surface area contributed by atoms with Gasteiger partial charge < -0.3 is 10.2 Å². The Hall–Kier alpha value is -1.84. The summed E-state index contributed by atoms with van der Waals surface area (Å²) in [4.78, 5) is 15.0. The average molecular weight is 359 g/mol. The molecule has 1 fully saturated rings. The Morgan fingerprint density at radius 3 is 2.36 bits per heavy atom.